The first-order valence-electron chi connectivity index (χ1n) is 6.85. The van der Waals surface area contributed by atoms with Gasteiger partial charge in [-0.3, -0.25) is 9.59 Å². The number of nitrogens with one attached hydrogen (secondary N) is 2. The van der Waals surface area contributed by atoms with Gasteiger partial charge in [0.15, 0.2) is 5.89 Å². The third-order valence-corrected chi connectivity index (χ3v) is 2.96. The maximum atomic E-state index is 12.2. The SMILES string of the molecule is Cc1nc(C)c(C(=O)Nc2ccccc2C(=O)NCCN)o1.Cl. The molecule has 0 bridgehead atoms. The Morgan fingerprint density at radius 1 is 1.22 bits per heavy atom. The van der Waals surface area contributed by atoms with Crippen molar-refractivity contribution >= 4 is 29.9 Å². The Balaban J connectivity index is 0.00000264. The maximum Gasteiger partial charge on any atom is 0.293 e. The van der Waals surface area contributed by atoms with Crippen molar-refractivity contribution in [1.82, 2.24) is 10.3 Å². The highest BCUT2D eigenvalue weighted by Crippen LogP contribution is 2.17. The third kappa shape index (κ3) is 4.54. The Labute approximate surface area is 140 Å². The lowest BCUT2D eigenvalue weighted by molar-refractivity contribution is 0.0955. The molecule has 0 saturated carbocycles. The predicted octanol–water partition coefficient (Wildman–Crippen LogP) is 1.65. The number of nitrogens with zero attached hydrogens (tertiary/aromatic N) is 1. The van der Waals surface area contributed by atoms with Gasteiger partial charge >= 0.3 is 0 Å². The molecule has 0 aliphatic heterocycles. The van der Waals surface area contributed by atoms with Gasteiger partial charge in [-0.25, -0.2) is 4.98 Å². The highest BCUT2D eigenvalue weighted by Gasteiger charge is 2.18. The van der Waals surface area contributed by atoms with E-state index in [1.54, 1.807) is 38.1 Å². The number of anilines is 1. The van der Waals surface area contributed by atoms with E-state index in [0.29, 0.717) is 35.9 Å². The number of rotatable bonds is 5. The van der Waals surface area contributed by atoms with Crippen molar-refractivity contribution in [2.75, 3.05) is 18.4 Å². The molecular formula is C15H19ClN4O3. The number of halogens is 1. The van der Waals surface area contributed by atoms with E-state index in [9.17, 15) is 9.59 Å². The van der Waals surface area contributed by atoms with Gasteiger partial charge in [0.25, 0.3) is 11.8 Å². The summed E-state index contributed by atoms with van der Waals surface area (Å²) in [5, 5.41) is 5.34. The summed E-state index contributed by atoms with van der Waals surface area (Å²) in [6.07, 6.45) is 0. The summed E-state index contributed by atoms with van der Waals surface area (Å²) in [4.78, 5) is 28.4. The second-order valence-corrected chi connectivity index (χ2v) is 4.69. The van der Waals surface area contributed by atoms with Crippen molar-refractivity contribution in [1.29, 1.82) is 0 Å². The Hall–Kier alpha value is -2.38. The Morgan fingerprint density at radius 3 is 2.52 bits per heavy atom. The second-order valence-electron chi connectivity index (χ2n) is 4.69. The lowest BCUT2D eigenvalue weighted by Crippen LogP contribution is -2.30. The number of carbonyl (C=O) groups excluding carboxylic acids is 2. The summed E-state index contributed by atoms with van der Waals surface area (Å²) in [6, 6.07) is 6.72. The smallest absolute Gasteiger partial charge is 0.293 e. The fourth-order valence-corrected chi connectivity index (χ4v) is 1.99. The summed E-state index contributed by atoms with van der Waals surface area (Å²) in [5.41, 5.74) is 6.62. The molecule has 1 heterocycles. The van der Waals surface area contributed by atoms with Crippen LogP contribution in [0.1, 0.15) is 32.5 Å². The lowest BCUT2D eigenvalue weighted by atomic mass is 10.1. The van der Waals surface area contributed by atoms with Crippen molar-refractivity contribution < 1.29 is 14.0 Å². The van der Waals surface area contributed by atoms with Crippen LogP contribution in [0.2, 0.25) is 0 Å². The molecule has 1 aromatic carbocycles. The van der Waals surface area contributed by atoms with Crippen LogP contribution in [0.4, 0.5) is 5.69 Å². The van der Waals surface area contributed by atoms with Gasteiger partial charge in [0.2, 0.25) is 5.76 Å². The van der Waals surface area contributed by atoms with E-state index in [4.69, 9.17) is 10.2 Å². The number of amides is 2. The van der Waals surface area contributed by atoms with Gasteiger partial charge < -0.3 is 20.8 Å². The number of benzene rings is 1. The molecule has 0 aliphatic rings. The van der Waals surface area contributed by atoms with E-state index < -0.39 is 5.91 Å². The molecule has 2 rings (SSSR count). The van der Waals surface area contributed by atoms with Crippen LogP contribution in [-0.2, 0) is 0 Å². The zero-order valence-electron chi connectivity index (χ0n) is 12.9. The largest absolute Gasteiger partial charge is 0.436 e. The van der Waals surface area contributed by atoms with Crippen LogP contribution in [0.5, 0.6) is 0 Å². The minimum absolute atomic E-state index is 0. The van der Waals surface area contributed by atoms with Gasteiger partial charge in [-0.05, 0) is 19.1 Å². The number of carbonyl (C=O) groups is 2. The van der Waals surface area contributed by atoms with Crippen molar-refractivity contribution in [2.24, 2.45) is 5.73 Å². The Bertz CT molecular complexity index is 700. The van der Waals surface area contributed by atoms with Crippen molar-refractivity contribution in [2.45, 2.75) is 13.8 Å². The first-order valence-corrected chi connectivity index (χ1v) is 6.85. The van der Waals surface area contributed by atoms with Gasteiger partial charge in [0.05, 0.1) is 16.9 Å². The average Bonchev–Trinajstić information content (AvgIpc) is 2.84. The zero-order chi connectivity index (χ0) is 16.1. The summed E-state index contributed by atoms with van der Waals surface area (Å²) < 4.78 is 5.27. The Kier molecular flexibility index (Phi) is 6.74. The fraction of sp³-hybridized carbons (Fsp3) is 0.267. The second kappa shape index (κ2) is 8.30. The number of hydrogen-bond acceptors (Lipinski definition) is 5. The molecule has 0 spiro atoms. The number of oxazole rings is 1. The van der Waals surface area contributed by atoms with Crippen LogP contribution in [0.15, 0.2) is 28.7 Å². The van der Waals surface area contributed by atoms with E-state index in [2.05, 4.69) is 15.6 Å². The molecule has 23 heavy (non-hydrogen) atoms. The van der Waals surface area contributed by atoms with Gasteiger partial charge in [-0.15, -0.1) is 12.4 Å². The third-order valence-electron chi connectivity index (χ3n) is 2.96. The maximum absolute atomic E-state index is 12.2. The molecule has 0 aliphatic carbocycles. The van der Waals surface area contributed by atoms with Gasteiger partial charge in [0.1, 0.15) is 0 Å². The summed E-state index contributed by atoms with van der Waals surface area (Å²) >= 11 is 0. The summed E-state index contributed by atoms with van der Waals surface area (Å²) in [7, 11) is 0. The van der Waals surface area contributed by atoms with Crippen LogP contribution in [0, 0.1) is 13.8 Å². The van der Waals surface area contributed by atoms with Crippen LogP contribution < -0.4 is 16.4 Å². The van der Waals surface area contributed by atoms with Crippen molar-refractivity contribution in [3.8, 4) is 0 Å². The lowest BCUT2D eigenvalue weighted by Gasteiger charge is -2.10. The Morgan fingerprint density at radius 2 is 1.91 bits per heavy atom. The van der Waals surface area contributed by atoms with Gasteiger partial charge in [-0.1, -0.05) is 12.1 Å². The highest BCUT2D eigenvalue weighted by molar-refractivity contribution is 6.08. The summed E-state index contributed by atoms with van der Waals surface area (Å²) in [5.74, 6) is -0.199. The molecule has 7 nitrogen and oxygen atoms in total. The molecule has 8 heteroatoms. The molecule has 0 saturated heterocycles. The molecule has 2 amide bonds. The minimum Gasteiger partial charge on any atom is -0.436 e. The molecule has 0 fully saturated rings. The number of aromatic nitrogens is 1. The van der Waals surface area contributed by atoms with Crippen molar-refractivity contribution in [3.63, 3.8) is 0 Å². The normalized spacial score (nSPS) is 9.87. The van der Waals surface area contributed by atoms with E-state index in [1.165, 1.54) is 0 Å². The van der Waals surface area contributed by atoms with Gasteiger partial charge in [-0.2, -0.15) is 0 Å². The number of hydrogen-bond donors (Lipinski definition) is 3. The predicted molar refractivity (Wildman–Crippen MR) is 89.0 cm³/mol. The van der Waals surface area contributed by atoms with E-state index in [1.807, 2.05) is 0 Å². The van der Waals surface area contributed by atoms with Crippen LogP contribution in [-0.4, -0.2) is 29.9 Å². The summed E-state index contributed by atoms with van der Waals surface area (Å²) in [6.45, 7) is 4.06. The minimum atomic E-state index is -0.447. The monoisotopic (exact) mass is 338 g/mol. The molecule has 0 unspecified atom stereocenters. The molecule has 4 N–H and O–H groups in total. The average molecular weight is 339 g/mol. The molecule has 1 aromatic heterocycles. The molecule has 2 aromatic rings. The molecular weight excluding hydrogens is 320 g/mol. The number of nitrogens with two attached hydrogens (primary N) is 1. The first-order chi connectivity index (χ1) is 10.5. The number of para-hydroxylation sites is 1. The standard InChI is InChI=1S/C15H18N4O3.ClH/c1-9-13(22-10(2)18-9)15(21)19-12-6-4-3-5-11(12)14(20)17-8-7-16;/h3-6H,7-8,16H2,1-2H3,(H,17,20)(H,19,21);1H. The quantitative estimate of drug-likeness (QED) is 0.767. The molecule has 0 radical (unpaired) electrons. The van der Waals surface area contributed by atoms with E-state index in [-0.39, 0.29) is 24.1 Å². The van der Waals surface area contributed by atoms with E-state index in [0.717, 1.165) is 0 Å². The first kappa shape index (κ1) is 18.7. The van der Waals surface area contributed by atoms with Crippen LogP contribution in [0.25, 0.3) is 0 Å². The van der Waals surface area contributed by atoms with Crippen molar-refractivity contribution in [3.05, 3.63) is 47.2 Å². The van der Waals surface area contributed by atoms with Crippen LogP contribution >= 0.6 is 12.4 Å². The van der Waals surface area contributed by atoms with Gasteiger partial charge in [0, 0.05) is 20.0 Å². The fourth-order valence-electron chi connectivity index (χ4n) is 1.99. The highest BCUT2D eigenvalue weighted by atomic mass is 35.5. The zero-order valence-corrected chi connectivity index (χ0v) is 13.7. The molecule has 0 atom stereocenters. The van der Waals surface area contributed by atoms with E-state index >= 15 is 0 Å². The topological polar surface area (TPSA) is 110 Å². The number of aryl methyl sites for hydroxylation is 2. The van der Waals surface area contributed by atoms with Crippen LogP contribution in [0.3, 0.4) is 0 Å². The molecule has 124 valence electrons.